The highest BCUT2D eigenvalue weighted by molar-refractivity contribution is 6.04. The molecule has 0 spiro atoms. The van der Waals surface area contributed by atoms with E-state index in [1.165, 1.54) is 42.5 Å². The van der Waals surface area contributed by atoms with Crippen LogP contribution >= 0.6 is 0 Å². The van der Waals surface area contributed by atoms with Crippen LogP contribution in [0.15, 0.2) is 59.0 Å². The van der Waals surface area contributed by atoms with E-state index in [0.29, 0.717) is 22.6 Å². The van der Waals surface area contributed by atoms with Crippen LogP contribution in [0.25, 0.3) is 11.3 Å². The number of carbonyl (C=O) groups excluding carboxylic acids is 1. The predicted octanol–water partition coefficient (Wildman–Crippen LogP) is 4.11. The summed E-state index contributed by atoms with van der Waals surface area (Å²) in [6.45, 7) is 1.59. The molecule has 0 fully saturated rings. The second-order valence-electron chi connectivity index (χ2n) is 5.71. The molecular weight excluding hydrogens is 352 g/mol. The lowest BCUT2D eigenvalue weighted by Crippen LogP contribution is -2.13. The normalized spacial score (nSPS) is 10.4. The zero-order chi connectivity index (χ0) is 19.6. The van der Waals surface area contributed by atoms with E-state index >= 15 is 0 Å². The molecule has 0 aliphatic heterocycles. The summed E-state index contributed by atoms with van der Waals surface area (Å²) in [6, 6.07) is 13.4. The van der Waals surface area contributed by atoms with Gasteiger partial charge in [-0.1, -0.05) is 18.2 Å². The number of nitro benzene ring substituents is 1. The maximum absolute atomic E-state index is 12.4. The molecule has 2 aromatic carbocycles. The molecule has 0 aliphatic rings. The molecule has 1 heterocycles. The molecule has 0 unspecified atom stereocenters. The van der Waals surface area contributed by atoms with Crippen molar-refractivity contribution in [3.05, 3.63) is 81.6 Å². The molecular formula is C19H14N2O6. The Kier molecular flexibility index (Phi) is 4.71. The van der Waals surface area contributed by atoms with Crippen LogP contribution in [0.1, 0.15) is 26.5 Å². The second kappa shape index (κ2) is 7.12. The molecule has 3 rings (SSSR count). The number of nitrogens with one attached hydrogen (secondary N) is 1. The molecule has 2 N–H and O–H groups in total. The van der Waals surface area contributed by atoms with Crippen molar-refractivity contribution >= 4 is 23.3 Å². The first-order chi connectivity index (χ1) is 12.9. The van der Waals surface area contributed by atoms with Gasteiger partial charge in [0.1, 0.15) is 5.76 Å². The van der Waals surface area contributed by atoms with Gasteiger partial charge in [0.25, 0.3) is 11.6 Å². The van der Waals surface area contributed by atoms with E-state index in [-0.39, 0.29) is 17.0 Å². The van der Waals surface area contributed by atoms with E-state index in [9.17, 15) is 19.7 Å². The van der Waals surface area contributed by atoms with E-state index in [1.54, 1.807) is 19.1 Å². The van der Waals surface area contributed by atoms with Gasteiger partial charge < -0.3 is 14.8 Å². The summed E-state index contributed by atoms with van der Waals surface area (Å²) in [5, 5.41) is 22.6. The summed E-state index contributed by atoms with van der Waals surface area (Å²) in [5.74, 6) is -1.34. The van der Waals surface area contributed by atoms with Crippen molar-refractivity contribution in [3.8, 4) is 11.3 Å². The summed E-state index contributed by atoms with van der Waals surface area (Å²) in [7, 11) is 0. The Morgan fingerprint density at radius 1 is 1.11 bits per heavy atom. The lowest BCUT2D eigenvalue weighted by molar-refractivity contribution is -0.384. The molecule has 1 aromatic heterocycles. The van der Waals surface area contributed by atoms with Gasteiger partial charge in [-0.25, -0.2) is 4.79 Å². The van der Waals surface area contributed by atoms with Gasteiger partial charge in [-0.15, -0.1) is 0 Å². The first-order valence-corrected chi connectivity index (χ1v) is 7.85. The number of carbonyl (C=O) groups is 2. The van der Waals surface area contributed by atoms with Crippen LogP contribution in [0.3, 0.4) is 0 Å². The standard InChI is InChI=1S/C19H14N2O6/c1-11-14(19(23)24)6-3-7-15(11)20-18(22)17-9-8-16(27-17)12-4-2-5-13(10-12)21(25)26/h2-10H,1H3,(H,20,22)(H,23,24). The number of hydrogen-bond donors (Lipinski definition) is 2. The van der Waals surface area contributed by atoms with Crippen LogP contribution in [-0.2, 0) is 0 Å². The first-order valence-electron chi connectivity index (χ1n) is 7.85. The highest BCUT2D eigenvalue weighted by Gasteiger charge is 2.17. The summed E-state index contributed by atoms with van der Waals surface area (Å²) >= 11 is 0. The average molecular weight is 366 g/mol. The topological polar surface area (TPSA) is 123 Å². The minimum atomic E-state index is -1.09. The third-order valence-corrected chi connectivity index (χ3v) is 3.98. The fraction of sp³-hybridized carbons (Fsp3) is 0.0526. The fourth-order valence-corrected chi connectivity index (χ4v) is 2.57. The fourth-order valence-electron chi connectivity index (χ4n) is 2.57. The van der Waals surface area contributed by atoms with Crippen molar-refractivity contribution in [2.75, 3.05) is 5.32 Å². The van der Waals surface area contributed by atoms with E-state index in [0.717, 1.165) is 0 Å². The number of amides is 1. The second-order valence-corrected chi connectivity index (χ2v) is 5.71. The lowest BCUT2D eigenvalue weighted by Gasteiger charge is -2.09. The number of furan rings is 1. The summed E-state index contributed by atoms with van der Waals surface area (Å²) in [6.07, 6.45) is 0. The van der Waals surface area contributed by atoms with Gasteiger partial charge in [0.15, 0.2) is 5.76 Å². The molecule has 0 bridgehead atoms. The van der Waals surface area contributed by atoms with Crippen molar-refractivity contribution < 1.29 is 24.0 Å². The summed E-state index contributed by atoms with van der Waals surface area (Å²) in [5.41, 5.74) is 1.24. The van der Waals surface area contributed by atoms with E-state index < -0.39 is 16.8 Å². The maximum Gasteiger partial charge on any atom is 0.336 e. The smallest absolute Gasteiger partial charge is 0.336 e. The van der Waals surface area contributed by atoms with Crippen molar-refractivity contribution in [3.63, 3.8) is 0 Å². The molecule has 0 radical (unpaired) electrons. The molecule has 27 heavy (non-hydrogen) atoms. The number of anilines is 1. The highest BCUT2D eigenvalue weighted by Crippen LogP contribution is 2.26. The van der Waals surface area contributed by atoms with Gasteiger partial charge >= 0.3 is 5.97 Å². The van der Waals surface area contributed by atoms with E-state index in [1.807, 2.05) is 0 Å². The van der Waals surface area contributed by atoms with Crippen LogP contribution in [-0.4, -0.2) is 21.9 Å². The average Bonchev–Trinajstić information content (AvgIpc) is 3.13. The summed E-state index contributed by atoms with van der Waals surface area (Å²) in [4.78, 5) is 34.0. The van der Waals surface area contributed by atoms with Crippen LogP contribution in [0, 0.1) is 17.0 Å². The number of carboxylic acid groups (broad SMARTS) is 1. The maximum atomic E-state index is 12.4. The molecule has 8 nitrogen and oxygen atoms in total. The Balaban J connectivity index is 1.84. The van der Waals surface area contributed by atoms with Crippen molar-refractivity contribution in [2.45, 2.75) is 6.92 Å². The quantitative estimate of drug-likeness (QED) is 0.517. The zero-order valence-corrected chi connectivity index (χ0v) is 14.1. The van der Waals surface area contributed by atoms with Crippen LogP contribution in [0.2, 0.25) is 0 Å². The number of hydrogen-bond acceptors (Lipinski definition) is 5. The SMILES string of the molecule is Cc1c(NC(=O)c2ccc(-c3cccc([N+](=O)[O-])c3)o2)cccc1C(=O)O. The number of non-ortho nitro benzene ring substituents is 1. The van der Waals surface area contributed by atoms with Gasteiger partial charge in [0, 0.05) is 23.4 Å². The minimum absolute atomic E-state index is 0.00312. The third kappa shape index (κ3) is 3.69. The van der Waals surface area contributed by atoms with Gasteiger partial charge in [-0.2, -0.15) is 0 Å². The number of carboxylic acids is 1. The van der Waals surface area contributed by atoms with Crippen molar-refractivity contribution in [1.82, 2.24) is 0 Å². The Labute approximate surface area is 153 Å². The molecule has 3 aromatic rings. The van der Waals surface area contributed by atoms with Crippen LogP contribution in [0.4, 0.5) is 11.4 Å². The van der Waals surface area contributed by atoms with Gasteiger partial charge in [-0.05, 0) is 36.8 Å². The zero-order valence-electron chi connectivity index (χ0n) is 14.1. The molecule has 8 heteroatoms. The lowest BCUT2D eigenvalue weighted by atomic mass is 10.1. The first kappa shape index (κ1) is 17.9. The minimum Gasteiger partial charge on any atom is -0.478 e. The highest BCUT2D eigenvalue weighted by atomic mass is 16.6. The Morgan fingerprint density at radius 3 is 2.56 bits per heavy atom. The Hall–Kier alpha value is -3.94. The number of benzene rings is 2. The van der Waals surface area contributed by atoms with Crippen LogP contribution < -0.4 is 5.32 Å². The third-order valence-electron chi connectivity index (χ3n) is 3.98. The monoisotopic (exact) mass is 366 g/mol. The molecule has 0 atom stereocenters. The largest absolute Gasteiger partial charge is 0.478 e. The Bertz CT molecular complexity index is 1050. The molecule has 0 saturated carbocycles. The van der Waals surface area contributed by atoms with Crippen LogP contribution in [0.5, 0.6) is 0 Å². The predicted molar refractivity (Wildman–Crippen MR) is 96.9 cm³/mol. The van der Waals surface area contributed by atoms with Gasteiger partial charge in [-0.3, -0.25) is 14.9 Å². The summed E-state index contributed by atoms with van der Waals surface area (Å²) < 4.78 is 5.51. The molecule has 0 aliphatic carbocycles. The molecule has 136 valence electrons. The number of aromatic carboxylic acids is 1. The molecule has 0 saturated heterocycles. The van der Waals surface area contributed by atoms with Gasteiger partial charge in [0.2, 0.25) is 0 Å². The van der Waals surface area contributed by atoms with E-state index in [4.69, 9.17) is 9.52 Å². The van der Waals surface area contributed by atoms with Gasteiger partial charge in [0.05, 0.1) is 10.5 Å². The Morgan fingerprint density at radius 2 is 1.85 bits per heavy atom. The number of rotatable bonds is 5. The van der Waals surface area contributed by atoms with Crippen molar-refractivity contribution in [1.29, 1.82) is 0 Å². The van der Waals surface area contributed by atoms with E-state index in [2.05, 4.69) is 5.32 Å². The number of nitrogens with zero attached hydrogens (tertiary/aromatic N) is 1. The molecule has 1 amide bonds. The van der Waals surface area contributed by atoms with Crippen molar-refractivity contribution in [2.24, 2.45) is 0 Å². The number of nitro groups is 1.